The smallest absolute Gasteiger partial charge is 0.266 e. The van der Waals surface area contributed by atoms with Crippen LogP contribution in [0.2, 0.25) is 0 Å². The first-order valence-electron chi connectivity index (χ1n) is 9.72. The summed E-state index contributed by atoms with van der Waals surface area (Å²) < 4.78 is 0. The minimum absolute atomic E-state index is 0.0338. The molecule has 0 saturated heterocycles. The van der Waals surface area contributed by atoms with Gasteiger partial charge in [-0.3, -0.25) is 4.79 Å². The molecule has 0 radical (unpaired) electrons. The Balaban J connectivity index is 1.60. The number of thiazole rings is 1. The molecule has 1 saturated carbocycles. The maximum absolute atomic E-state index is 13.5. The van der Waals surface area contributed by atoms with Crippen LogP contribution in [0.4, 0.5) is 0 Å². The van der Waals surface area contributed by atoms with Crippen LogP contribution in [0.15, 0.2) is 51.2 Å². The Kier molecular flexibility index (Phi) is 4.97. The van der Waals surface area contributed by atoms with Gasteiger partial charge >= 0.3 is 0 Å². The van der Waals surface area contributed by atoms with Gasteiger partial charge in [0.2, 0.25) is 0 Å². The second-order valence-corrected chi connectivity index (χ2v) is 10.5. The van der Waals surface area contributed by atoms with Crippen LogP contribution in [0.25, 0.3) is 6.08 Å². The van der Waals surface area contributed by atoms with Crippen molar-refractivity contribution < 1.29 is 4.79 Å². The van der Waals surface area contributed by atoms with E-state index in [0.29, 0.717) is 10.8 Å². The average Bonchev–Trinajstić information content (AvgIpc) is 3.48. The molecule has 3 unspecified atom stereocenters. The minimum atomic E-state index is -0.0339. The van der Waals surface area contributed by atoms with E-state index in [0.717, 1.165) is 24.2 Å². The number of allylic oxidation sites excluding steroid dienone is 1. The Labute approximate surface area is 182 Å². The SMILES string of the molecule is Cc1ncsc1C(=O)N1N=C2C(=Cc3cccs3)CC(C)CC2C1c1cccs1. The van der Waals surface area contributed by atoms with Crippen LogP contribution in [-0.2, 0) is 0 Å². The fourth-order valence-corrected chi connectivity index (χ4v) is 6.64. The van der Waals surface area contributed by atoms with Gasteiger partial charge in [-0.2, -0.15) is 5.10 Å². The van der Waals surface area contributed by atoms with Crippen LogP contribution >= 0.6 is 34.0 Å². The van der Waals surface area contributed by atoms with Crippen molar-refractivity contribution >= 4 is 51.7 Å². The van der Waals surface area contributed by atoms with Crippen LogP contribution in [0.5, 0.6) is 0 Å². The first kappa shape index (κ1) is 18.9. The zero-order valence-electron chi connectivity index (χ0n) is 16.2. The van der Waals surface area contributed by atoms with Gasteiger partial charge in [0.05, 0.1) is 23.0 Å². The summed E-state index contributed by atoms with van der Waals surface area (Å²) in [6.07, 6.45) is 4.32. The Morgan fingerprint density at radius 1 is 1.21 bits per heavy atom. The van der Waals surface area contributed by atoms with Crippen LogP contribution < -0.4 is 0 Å². The highest BCUT2D eigenvalue weighted by Gasteiger charge is 2.46. The number of hydrogen-bond acceptors (Lipinski definition) is 6. The molecule has 4 nitrogen and oxygen atoms in total. The van der Waals surface area contributed by atoms with Crippen molar-refractivity contribution in [3.05, 3.63) is 66.4 Å². The molecule has 0 spiro atoms. The Hall–Kier alpha value is -2.09. The number of carbonyl (C=O) groups is 1. The minimum Gasteiger partial charge on any atom is -0.266 e. The number of aromatic nitrogens is 1. The third kappa shape index (κ3) is 3.41. The monoisotopic (exact) mass is 439 g/mol. The molecule has 0 N–H and O–H groups in total. The van der Waals surface area contributed by atoms with Gasteiger partial charge in [-0.25, -0.2) is 9.99 Å². The van der Waals surface area contributed by atoms with E-state index in [4.69, 9.17) is 5.10 Å². The maximum Gasteiger partial charge on any atom is 0.286 e. The molecule has 1 aliphatic carbocycles. The summed E-state index contributed by atoms with van der Waals surface area (Å²) in [5.41, 5.74) is 4.88. The van der Waals surface area contributed by atoms with Crippen molar-refractivity contribution in [2.45, 2.75) is 32.7 Å². The van der Waals surface area contributed by atoms with E-state index in [1.165, 1.54) is 26.7 Å². The van der Waals surface area contributed by atoms with Gasteiger partial charge in [0, 0.05) is 15.7 Å². The lowest BCUT2D eigenvalue weighted by Crippen LogP contribution is -2.32. The largest absolute Gasteiger partial charge is 0.286 e. The Bertz CT molecular complexity index is 1080. The van der Waals surface area contributed by atoms with Crippen molar-refractivity contribution in [2.24, 2.45) is 16.9 Å². The molecule has 3 aromatic heterocycles. The van der Waals surface area contributed by atoms with E-state index >= 15 is 0 Å². The highest BCUT2D eigenvalue weighted by Crippen LogP contribution is 2.47. The molecule has 1 amide bonds. The molecule has 148 valence electrons. The summed E-state index contributed by atoms with van der Waals surface area (Å²) in [6, 6.07) is 8.38. The molecule has 2 aliphatic rings. The normalized spacial score (nSPS) is 25.3. The number of thiophene rings is 2. The molecule has 1 aliphatic heterocycles. The van der Waals surface area contributed by atoms with Crippen molar-refractivity contribution in [3.63, 3.8) is 0 Å². The van der Waals surface area contributed by atoms with Crippen LogP contribution in [0.3, 0.4) is 0 Å². The fraction of sp³-hybridized carbons (Fsp3) is 0.318. The number of rotatable bonds is 3. The van der Waals surface area contributed by atoms with Gasteiger partial charge in [-0.1, -0.05) is 19.1 Å². The third-order valence-corrected chi connectivity index (χ3v) is 8.29. The van der Waals surface area contributed by atoms with Crippen molar-refractivity contribution in [1.82, 2.24) is 9.99 Å². The lowest BCUT2D eigenvalue weighted by atomic mass is 9.74. The van der Waals surface area contributed by atoms with E-state index in [1.54, 1.807) is 33.2 Å². The predicted molar refractivity (Wildman–Crippen MR) is 122 cm³/mol. The van der Waals surface area contributed by atoms with E-state index in [2.05, 4.69) is 53.0 Å². The average molecular weight is 440 g/mol. The molecule has 0 bridgehead atoms. The maximum atomic E-state index is 13.5. The number of nitrogens with zero attached hydrogens (tertiary/aromatic N) is 3. The topological polar surface area (TPSA) is 45.6 Å². The molecule has 5 rings (SSSR count). The van der Waals surface area contributed by atoms with Crippen LogP contribution in [0, 0.1) is 18.8 Å². The molecular weight excluding hydrogens is 418 g/mol. The Morgan fingerprint density at radius 2 is 2.03 bits per heavy atom. The number of aryl methyl sites for hydroxylation is 1. The van der Waals surface area contributed by atoms with Crippen LogP contribution in [-0.4, -0.2) is 21.6 Å². The first-order valence-corrected chi connectivity index (χ1v) is 12.4. The number of carbonyl (C=O) groups excluding carboxylic acids is 1. The molecule has 3 atom stereocenters. The van der Waals surface area contributed by atoms with E-state index in [1.807, 2.05) is 6.92 Å². The zero-order chi connectivity index (χ0) is 20.0. The second-order valence-electron chi connectivity index (χ2n) is 7.70. The summed E-state index contributed by atoms with van der Waals surface area (Å²) in [6.45, 7) is 4.20. The van der Waals surface area contributed by atoms with E-state index in [9.17, 15) is 4.79 Å². The third-order valence-electron chi connectivity index (χ3n) is 5.61. The lowest BCUT2D eigenvalue weighted by Gasteiger charge is -2.31. The van der Waals surface area contributed by atoms with Crippen molar-refractivity contribution in [3.8, 4) is 0 Å². The summed E-state index contributed by atoms with van der Waals surface area (Å²) >= 11 is 4.85. The van der Waals surface area contributed by atoms with Crippen LogP contribution in [0.1, 0.15) is 50.9 Å². The number of hydrogen-bond donors (Lipinski definition) is 0. The van der Waals surface area contributed by atoms with Crippen molar-refractivity contribution in [1.29, 1.82) is 0 Å². The highest BCUT2D eigenvalue weighted by atomic mass is 32.1. The first-order chi connectivity index (χ1) is 14.1. The molecule has 4 heterocycles. The summed E-state index contributed by atoms with van der Waals surface area (Å²) in [4.78, 5) is 20.9. The molecule has 1 fully saturated rings. The lowest BCUT2D eigenvalue weighted by molar-refractivity contribution is 0.0684. The summed E-state index contributed by atoms with van der Waals surface area (Å²) in [7, 11) is 0. The zero-order valence-corrected chi connectivity index (χ0v) is 18.7. The summed E-state index contributed by atoms with van der Waals surface area (Å²) in [5.74, 6) is 0.766. The fourth-order valence-electron chi connectivity index (χ4n) is 4.35. The molecule has 7 heteroatoms. The van der Waals surface area contributed by atoms with Gasteiger partial charge < -0.3 is 0 Å². The number of hydrazone groups is 1. The Morgan fingerprint density at radius 3 is 2.72 bits per heavy atom. The van der Waals surface area contributed by atoms with Gasteiger partial charge in [0.15, 0.2) is 0 Å². The van der Waals surface area contributed by atoms with Gasteiger partial charge in [-0.05, 0) is 60.2 Å². The van der Waals surface area contributed by atoms with Gasteiger partial charge in [0.25, 0.3) is 5.91 Å². The highest BCUT2D eigenvalue weighted by molar-refractivity contribution is 7.12. The van der Waals surface area contributed by atoms with Gasteiger partial charge in [-0.15, -0.1) is 34.0 Å². The molecule has 29 heavy (non-hydrogen) atoms. The van der Waals surface area contributed by atoms with Crippen molar-refractivity contribution in [2.75, 3.05) is 0 Å². The molecule has 0 aromatic carbocycles. The second kappa shape index (κ2) is 7.63. The van der Waals surface area contributed by atoms with E-state index in [-0.39, 0.29) is 17.9 Å². The number of fused-ring (bicyclic) bond motifs is 1. The number of amides is 1. The quantitative estimate of drug-likeness (QED) is 0.484. The molecular formula is C22H21N3OS3. The molecule has 3 aromatic rings. The van der Waals surface area contributed by atoms with E-state index < -0.39 is 0 Å². The summed E-state index contributed by atoms with van der Waals surface area (Å²) in [5, 5.41) is 10.9. The van der Waals surface area contributed by atoms with Gasteiger partial charge in [0.1, 0.15) is 4.88 Å². The predicted octanol–water partition coefficient (Wildman–Crippen LogP) is 6.26. The standard InChI is InChI=1S/C22H21N3OS3/c1-13-9-15(11-16-5-3-7-27-16)19-17(10-13)20(18-6-4-8-28-18)25(24-19)22(26)21-14(2)23-12-29-21/h3-8,11-13,17,20H,9-10H2,1-2H3.